The fraction of sp³-hybridized carbons (Fsp3) is 0.273. The molecule has 0 aromatic carbocycles. The molecule has 2 aromatic heterocycles. The number of hydrogen-bond donors (Lipinski definition) is 1. The Morgan fingerprint density at radius 3 is 2.00 bits per heavy atom. The number of nitrogens with one attached hydrogen (secondary N) is 1. The average molecular weight is 189 g/mol. The van der Waals surface area contributed by atoms with Crippen LogP contribution in [0, 0.1) is 20.8 Å². The van der Waals surface area contributed by atoms with Gasteiger partial charge in [-0.05, 0) is 38.5 Å². The van der Waals surface area contributed by atoms with Crippen molar-refractivity contribution in [3.8, 4) is 0 Å². The third kappa shape index (κ3) is 3.85. The van der Waals surface area contributed by atoms with E-state index in [0.717, 1.165) is 11.4 Å². The Bertz CT molecular complexity index is 298. The van der Waals surface area contributed by atoms with Gasteiger partial charge >= 0.3 is 0 Å². The van der Waals surface area contributed by atoms with Gasteiger partial charge in [0.05, 0.1) is 6.33 Å². The van der Waals surface area contributed by atoms with Crippen molar-refractivity contribution in [3.05, 3.63) is 47.8 Å². The monoisotopic (exact) mass is 189 g/mol. The second kappa shape index (κ2) is 5.17. The Morgan fingerprint density at radius 2 is 1.71 bits per heavy atom. The van der Waals surface area contributed by atoms with Gasteiger partial charge in [-0.1, -0.05) is 0 Å². The summed E-state index contributed by atoms with van der Waals surface area (Å²) in [6.07, 6.45) is 5.08. The quantitative estimate of drug-likeness (QED) is 0.691. The molecule has 0 saturated carbocycles. The van der Waals surface area contributed by atoms with Crippen LogP contribution in [0.2, 0.25) is 0 Å². The number of hydrogen-bond acceptors (Lipinski definition) is 2. The smallest absolute Gasteiger partial charge is 0.0919 e. The van der Waals surface area contributed by atoms with Gasteiger partial charge in [-0.3, -0.25) is 4.98 Å². The number of pyridine rings is 1. The lowest BCUT2D eigenvalue weighted by Crippen LogP contribution is -1.85. The highest BCUT2D eigenvalue weighted by Crippen LogP contribution is 2.01. The molecular formula is C11H15N3. The van der Waals surface area contributed by atoms with Crippen LogP contribution < -0.4 is 0 Å². The molecule has 0 amide bonds. The van der Waals surface area contributed by atoms with Gasteiger partial charge in [0.25, 0.3) is 0 Å². The first-order valence-corrected chi connectivity index (χ1v) is 4.53. The number of H-pyrrole nitrogens is 1. The van der Waals surface area contributed by atoms with Gasteiger partial charge in [0, 0.05) is 23.8 Å². The number of nitrogens with zero attached hydrogens (tertiary/aromatic N) is 2. The molecule has 0 unspecified atom stereocenters. The number of aromatic amines is 1. The molecule has 0 aliphatic rings. The molecule has 2 heterocycles. The van der Waals surface area contributed by atoms with Crippen molar-refractivity contribution in [1.82, 2.24) is 15.0 Å². The van der Waals surface area contributed by atoms with Crippen molar-refractivity contribution in [2.45, 2.75) is 20.8 Å². The van der Waals surface area contributed by atoms with Crippen LogP contribution in [0.25, 0.3) is 0 Å². The number of rotatable bonds is 0. The summed E-state index contributed by atoms with van der Waals surface area (Å²) in [7, 11) is 0. The molecular weight excluding hydrogens is 174 g/mol. The number of aryl methyl sites for hydroxylation is 3. The molecule has 14 heavy (non-hydrogen) atoms. The Kier molecular flexibility index (Phi) is 3.85. The minimum Gasteiger partial charge on any atom is -0.351 e. The number of imidazole rings is 1. The molecule has 3 nitrogen and oxygen atoms in total. The molecule has 74 valence electrons. The van der Waals surface area contributed by atoms with Gasteiger partial charge in [-0.25, -0.2) is 4.98 Å². The first-order valence-electron chi connectivity index (χ1n) is 4.53. The average Bonchev–Trinajstić information content (AvgIpc) is 2.56. The number of aromatic nitrogens is 3. The summed E-state index contributed by atoms with van der Waals surface area (Å²) in [5.74, 6) is 0. The van der Waals surface area contributed by atoms with Crippen LogP contribution in [-0.4, -0.2) is 15.0 Å². The summed E-state index contributed by atoms with van der Waals surface area (Å²) < 4.78 is 0. The fourth-order valence-corrected chi connectivity index (χ4v) is 1.26. The van der Waals surface area contributed by atoms with E-state index >= 15 is 0 Å². The molecule has 0 spiro atoms. The Labute approximate surface area is 84.2 Å². The summed E-state index contributed by atoms with van der Waals surface area (Å²) in [6.45, 7) is 6.11. The Balaban J connectivity index is 0.000000165. The maximum Gasteiger partial charge on any atom is 0.0919 e. The lowest BCUT2D eigenvalue weighted by atomic mass is 10.2. The minimum absolute atomic E-state index is 1.10. The van der Waals surface area contributed by atoms with Gasteiger partial charge in [-0.2, -0.15) is 0 Å². The Hall–Kier alpha value is -1.64. The van der Waals surface area contributed by atoms with Crippen molar-refractivity contribution in [1.29, 1.82) is 0 Å². The second-order valence-electron chi connectivity index (χ2n) is 3.19. The normalized spacial score (nSPS) is 9.07. The molecule has 0 fully saturated rings. The van der Waals surface area contributed by atoms with Crippen molar-refractivity contribution in [3.63, 3.8) is 0 Å². The molecule has 0 bridgehead atoms. The van der Waals surface area contributed by atoms with E-state index in [1.165, 1.54) is 5.56 Å². The third-order valence-electron chi connectivity index (χ3n) is 1.63. The van der Waals surface area contributed by atoms with Gasteiger partial charge in [0.2, 0.25) is 0 Å². The Morgan fingerprint density at radius 1 is 1.07 bits per heavy atom. The zero-order valence-corrected chi connectivity index (χ0v) is 8.78. The predicted octanol–water partition coefficient (Wildman–Crippen LogP) is 2.42. The molecule has 0 aliphatic heterocycles. The first-order chi connectivity index (χ1) is 6.68. The van der Waals surface area contributed by atoms with E-state index in [9.17, 15) is 0 Å². The van der Waals surface area contributed by atoms with Crippen molar-refractivity contribution < 1.29 is 0 Å². The zero-order chi connectivity index (χ0) is 10.4. The van der Waals surface area contributed by atoms with Crippen LogP contribution >= 0.6 is 0 Å². The summed E-state index contributed by atoms with van der Waals surface area (Å²) in [5.41, 5.74) is 3.50. The highest BCUT2D eigenvalue weighted by Gasteiger charge is 1.88. The van der Waals surface area contributed by atoms with Gasteiger partial charge < -0.3 is 4.98 Å². The predicted molar refractivity (Wildman–Crippen MR) is 57.0 cm³/mol. The van der Waals surface area contributed by atoms with Crippen LogP contribution in [0.5, 0.6) is 0 Å². The second-order valence-corrected chi connectivity index (χ2v) is 3.19. The van der Waals surface area contributed by atoms with Crippen LogP contribution in [0.4, 0.5) is 0 Å². The summed E-state index contributed by atoms with van der Waals surface area (Å²) >= 11 is 0. The zero-order valence-electron chi connectivity index (χ0n) is 8.78. The standard InChI is InChI=1S/C8H11N.C3H4N2/c1-6-4-7(2)9-8(3)5-6;1-2-5-3-4-1/h4-5H,1-3H3;1-3H,(H,4,5). The topological polar surface area (TPSA) is 41.6 Å². The van der Waals surface area contributed by atoms with Crippen molar-refractivity contribution >= 4 is 0 Å². The SMILES string of the molecule is Cc1cc(C)nc(C)c1.c1c[nH]cn1. The van der Waals surface area contributed by atoms with Crippen LogP contribution in [0.1, 0.15) is 17.0 Å². The lowest BCUT2D eigenvalue weighted by Gasteiger charge is -1.96. The van der Waals surface area contributed by atoms with Crippen LogP contribution in [0.3, 0.4) is 0 Å². The third-order valence-corrected chi connectivity index (χ3v) is 1.63. The maximum atomic E-state index is 4.23. The minimum atomic E-state index is 1.10. The molecule has 0 radical (unpaired) electrons. The highest BCUT2D eigenvalue weighted by molar-refractivity contribution is 5.18. The molecule has 3 heteroatoms. The van der Waals surface area contributed by atoms with Crippen LogP contribution in [-0.2, 0) is 0 Å². The maximum absolute atomic E-state index is 4.23. The van der Waals surface area contributed by atoms with Crippen molar-refractivity contribution in [2.75, 3.05) is 0 Å². The van der Waals surface area contributed by atoms with E-state index in [1.54, 1.807) is 18.7 Å². The molecule has 0 aliphatic carbocycles. The highest BCUT2D eigenvalue weighted by atomic mass is 14.8. The summed E-state index contributed by atoms with van der Waals surface area (Å²) in [4.78, 5) is 10.7. The molecule has 2 aromatic rings. The molecule has 0 saturated heterocycles. The molecule has 2 rings (SSSR count). The summed E-state index contributed by atoms with van der Waals surface area (Å²) in [5, 5.41) is 0. The fourth-order valence-electron chi connectivity index (χ4n) is 1.26. The lowest BCUT2D eigenvalue weighted by molar-refractivity contribution is 1.10. The van der Waals surface area contributed by atoms with Gasteiger partial charge in [0.15, 0.2) is 0 Å². The molecule has 1 N–H and O–H groups in total. The van der Waals surface area contributed by atoms with Crippen molar-refractivity contribution in [2.24, 2.45) is 0 Å². The summed E-state index contributed by atoms with van der Waals surface area (Å²) in [6, 6.07) is 4.15. The largest absolute Gasteiger partial charge is 0.351 e. The van der Waals surface area contributed by atoms with Gasteiger partial charge in [0.1, 0.15) is 0 Å². The van der Waals surface area contributed by atoms with E-state index in [2.05, 4.69) is 34.0 Å². The van der Waals surface area contributed by atoms with Crippen LogP contribution in [0.15, 0.2) is 30.9 Å². The van der Waals surface area contributed by atoms with E-state index in [1.807, 2.05) is 13.8 Å². The molecule has 0 atom stereocenters. The van der Waals surface area contributed by atoms with E-state index in [0.29, 0.717) is 0 Å². The first kappa shape index (κ1) is 10.4. The van der Waals surface area contributed by atoms with E-state index in [-0.39, 0.29) is 0 Å². The van der Waals surface area contributed by atoms with E-state index < -0.39 is 0 Å². The van der Waals surface area contributed by atoms with E-state index in [4.69, 9.17) is 0 Å². The van der Waals surface area contributed by atoms with Gasteiger partial charge in [-0.15, -0.1) is 0 Å².